The minimum absolute atomic E-state index is 0.439. The third-order valence-electron chi connectivity index (χ3n) is 3.06. The van der Waals surface area contributed by atoms with Gasteiger partial charge in [0, 0.05) is 6.42 Å². The van der Waals surface area contributed by atoms with Crippen molar-refractivity contribution < 1.29 is 0 Å². The maximum absolute atomic E-state index is 8.95. The number of benzene rings is 1. The quantitative estimate of drug-likeness (QED) is 0.924. The van der Waals surface area contributed by atoms with Crippen LogP contribution in [-0.2, 0) is 6.42 Å². The molecule has 2 aromatic rings. The molecule has 0 radical (unpaired) electrons. The molecule has 0 fully saturated rings. The Balaban J connectivity index is 2.45. The number of nitrogens with zero attached hydrogens (tertiary/aromatic N) is 3. The van der Waals surface area contributed by atoms with E-state index >= 15 is 0 Å². The summed E-state index contributed by atoms with van der Waals surface area (Å²) in [5, 5.41) is 8.95. The zero-order valence-corrected chi connectivity index (χ0v) is 12.3. The van der Waals surface area contributed by atoms with Crippen LogP contribution < -0.4 is 5.73 Å². The Morgan fingerprint density at radius 3 is 2.47 bits per heavy atom. The van der Waals surface area contributed by atoms with Crippen LogP contribution in [0.2, 0.25) is 0 Å². The topological polar surface area (TPSA) is 75.6 Å². The molecule has 0 saturated carbocycles. The second-order valence-corrected chi connectivity index (χ2v) is 5.19. The summed E-state index contributed by atoms with van der Waals surface area (Å²) in [6.45, 7) is 4.00. The predicted molar refractivity (Wildman–Crippen MR) is 77.6 cm³/mol. The smallest absolute Gasteiger partial charge is 0.141 e. The van der Waals surface area contributed by atoms with Gasteiger partial charge in [0.15, 0.2) is 0 Å². The first-order valence-electron chi connectivity index (χ1n) is 5.78. The predicted octanol–water partition coefficient (Wildman–Crippen LogP) is 2.90. The van der Waals surface area contributed by atoms with Crippen LogP contribution in [0.25, 0.3) is 0 Å². The van der Waals surface area contributed by atoms with E-state index in [-0.39, 0.29) is 0 Å². The van der Waals surface area contributed by atoms with Crippen molar-refractivity contribution in [3.05, 3.63) is 50.9 Å². The Bertz CT molecular complexity index is 651. The fraction of sp³-hybridized carbons (Fsp3) is 0.214. The van der Waals surface area contributed by atoms with Crippen LogP contribution in [0.15, 0.2) is 22.9 Å². The average Bonchev–Trinajstić information content (AvgIpc) is 2.38. The number of aryl methyl sites for hydroxylation is 2. The number of rotatable bonds is 2. The van der Waals surface area contributed by atoms with Crippen molar-refractivity contribution in [3.8, 4) is 6.07 Å². The van der Waals surface area contributed by atoms with E-state index in [1.807, 2.05) is 26.0 Å². The SMILES string of the molecule is Cc1cc(C#N)cc(C)c1Cc1ncnc(N)c1Br. The van der Waals surface area contributed by atoms with Crippen molar-refractivity contribution in [3.63, 3.8) is 0 Å². The number of hydrogen-bond acceptors (Lipinski definition) is 4. The second kappa shape index (κ2) is 5.37. The molecular weight excluding hydrogens is 304 g/mol. The van der Waals surface area contributed by atoms with Gasteiger partial charge in [-0.05, 0) is 58.6 Å². The minimum atomic E-state index is 0.439. The lowest BCUT2D eigenvalue weighted by Gasteiger charge is -2.11. The Morgan fingerprint density at radius 2 is 1.89 bits per heavy atom. The van der Waals surface area contributed by atoms with Crippen molar-refractivity contribution in [1.29, 1.82) is 5.26 Å². The molecule has 5 heteroatoms. The van der Waals surface area contributed by atoms with E-state index in [9.17, 15) is 0 Å². The van der Waals surface area contributed by atoms with Crippen LogP contribution in [0, 0.1) is 25.2 Å². The van der Waals surface area contributed by atoms with E-state index in [1.54, 1.807) is 0 Å². The van der Waals surface area contributed by atoms with E-state index in [1.165, 1.54) is 6.33 Å². The van der Waals surface area contributed by atoms with Gasteiger partial charge in [0.2, 0.25) is 0 Å². The van der Waals surface area contributed by atoms with Gasteiger partial charge >= 0.3 is 0 Å². The van der Waals surface area contributed by atoms with Crippen molar-refractivity contribution in [2.45, 2.75) is 20.3 Å². The Kier molecular flexibility index (Phi) is 3.82. The molecule has 1 heterocycles. The second-order valence-electron chi connectivity index (χ2n) is 4.40. The lowest BCUT2D eigenvalue weighted by Crippen LogP contribution is -2.03. The van der Waals surface area contributed by atoms with Gasteiger partial charge in [-0.1, -0.05) is 0 Å². The van der Waals surface area contributed by atoms with Crippen LogP contribution in [0.4, 0.5) is 5.82 Å². The van der Waals surface area contributed by atoms with E-state index in [0.717, 1.165) is 26.9 Å². The zero-order chi connectivity index (χ0) is 14.0. The molecule has 4 nitrogen and oxygen atoms in total. The van der Waals surface area contributed by atoms with Crippen LogP contribution in [-0.4, -0.2) is 9.97 Å². The molecule has 0 aliphatic rings. The number of aromatic nitrogens is 2. The maximum Gasteiger partial charge on any atom is 0.141 e. The number of hydrogen-bond donors (Lipinski definition) is 1. The lowest BCUT2D eigenvalue weighted by atomic mass is 9.96. The number of anilines is 1. The summed E-state index contributed by atoms with van der Waals surface area (Å²) in [6, 6.07) is 5.94. The summed E-state index contributed by atoms with van der Waals surface area (Å²) in [7, 11) is 0. The average molecular weight is 317 g/mol. The first-order valence-corrected chi connectivity index (χ1v) is 6.57. The molecule has 0 aliphatic carbocycles. The molecule has 0 unspecified atom stereocenters. The first-order chi connectivity index (χ1) is 9.02. The van der Waals surface area contributed by atoms with Crippen molar-refractivity contribution >= 4 is 21.7 Å². The van der Waals surface area contributed by atoms with Gasteiger partial charge in [0.1, 0.15) is 12.1 Å². The third kappa shape index (κ3) is 2.74. The van der Waals surface area contributed by atoms with E-state index in [0.29, 0.717) is 17.8 Å². The van der Waals surface area contributed by atoms with Gasteiger partial charge in [-0.25, -0.2) is 9.97 Å². The summed E-state index contributed by atoms with van der Waals surface area (Å²) in [6.07, 6.45) is 2.13. The van der Waals surface area contributed by atoms with Gasteiger partial charge in [-0.2, -0.15) is 5.26 Å². The number of halogens is 1. The van der Waals surface area contributed by atoms with Crippen LogP contribution in [0.1, 0.15) is 27.9 Å². The van der Waals surface area contributed by atoms with Gasteiger partial charge in [0.25, 0.3) is 0 Å². The monoisotopic (exact) mass is 316 g/mol. The third-order valence-corrected chi connectivity index (χ3v) is 3.92. The minimum Gasteiger partial charge on any atom is -0.383 e. The summed E-state index contributed by atoms with van der Waals surface area (Å²) < 4.78 is 0.734. The molecule has 2 N–H and O–H groups in total. The normalized spacial score (nSPS) is 10.2. The van der Waals surface area contributed by atoms with Crippen LogP contribution >= 0.6 is 15.9 Å². The molecule has 0 bridgehead atoms. The van der Waals surface area contributed by atoms with E-state index in [4.69, 9.17) is 11.0 Å². The highest BCUT2D eigenvalue weighted by Crippen LogP contribution is 2.25. The van der Waals surface area contributed by atoms with E-state index < -0.39 is 0 Å². The highest BCUT2D eigenvalue weighted by Gasteiger charge is 2.11. The molecule has 0 saturated heterocycles. The summed E-state index contributed by atoms with van der Waals surface area (Å²) in [5.41, 5.74) is 10.6. The standard InChI is InChI=1S/C14H13BrN4/c1-8-3-10(6-16)4-9(2)11(8)5-12-13(15)14(17)19-7-18-12/h3-4,7H,5H2,1-2H3,(H2,17,18,19). The summed E-state index contributed by atoms with van der Waals surface area (Å²) in [4.78, 5) is 8.19. The zero-order valence-electron chi connectivity index (χ0n) is 10.7. The molecule has 19 heavy (non-hydrogen) atoms. The number of nitrogens with two attached hydrogens (primary N) is 1. The summed E-state index contributed by atoms with van der Waals surface area (Å²) >= 11 is 3.41. The molecule has 2 rings (SSSR count). The lowest BCUT2D eigenvalue weighted by molar-refractivity contribution is 0.998. The van der Waals surface area contributed by atoms with Crippen molar-refractivity contribution in [2.75, 3.05) is 5.73 Å². The highest BCUT2D eigenvalue weighted by molar-refractivity contribution is 9.10. The molecule has 0 spiro atoms. The molecule has 1 aromatic carbocycles. The highest BCUT2D eigenvalue weighted by atomic mass is 79.9. The van der Waals surface area contributed by atoms with Gasteiger partial charge in [-0.15, -0.1) is 0 Å². The number of nitrogen functional groups attached to an aromatic ring is 1. The van der Waals surface area contributed by atoms with Gasteiger partial charge < -0.3 is 5.73 Å². The summed E-state index contributed by atoms with van der Waals surface area (Å²) in [5.74, 6) is 0.439. The fourth-order valence-corrected chi connectivity index (χ4v) is 2.39. The van der Waals surface area contributed by atoms with Crippen molar-refractivity contribution in [2.24, 2.45) is 0 Å². The van der Waals surface area contributed by atoms with E-state index in [2.05, 4.69) is 32.0 Å². The van der Waals surface area contributed by atoms with Gasteiger partial charge in [0.05, 0.1) is 21.8 Å². The maximum atomic E-state index is 8.95. The Morgan fingerprint density at radius 1 is 1.26 bits per heavy atom. The van der Waals surface area contributed by atoms with Crippen molar-refractivity contribution in [1.82, 2.24) is 9.97 Å². The van der Waals surface area contributed by atoms with Gasteiger partial charge in [-0.3, -0.25) is 0 Å². The fourth-order valence-electron chi connectivity index (χ4n) is 2.05. The van der Waals surface area contributed by atoms with Crippen LogP contribution in [0.5, 0.6) is 0 Å². The molecule has 1 aromatic heterocycles. The Hall–Kier alpha value is -1.93. The van der Waals surface area contributed by atoms with Crippen LogP contribution in [0.3, 0.4) is 0 Å². The molecular formula is C14H13BrN4. The largest absolute Gasteiger partial charge is 0.383 e. The Labute approximate surface area is 120 Å². The number of nitriles is 1. The molecule has 0 aliphatic heterocycles. The molecule has 0 amide bonds. The first kappa shape index (κ1) is 13.5. The molecule has 96 valence electrons. The molecule has 0 atom stereocenters.